The molecule has 0 aromatic heterocycles. The van der Waals surface area contributed by atoms with Gasteiger partial charge in [0.1, 0.15) is 0 Å². The lowest BCUT2D eigenvalue weighted by Crippen LogP contribution is -2.28. The molecule has 1 aromatic carbocycles. The van der Waals surface area contributed by atoms with Crippen LogP contribution in [0.25, 0.3) is 0 Å². The van der Waals surface area contributed by atoms with Crippen LogP contribution in [-0.2, 0) is 19.9 Å². The topological polar surface area (TPSA) is 80.3 Å². The summed E-state index contributed by atoms with van der Waals surface area (Å²) in [5, 5.41) is -0.840. The molecule has 17 heavy (non-hydrogen) atoms. The summed E-state index contributed by atoms with van der Waals surface area (Å²) in [6.45, 7) is 0. The fraction of sp³-hybridized carbons (Fsp3) is 0.400. The second kappa shape index (κ2) is 4.30. The van der Waals surface area contributed by atoms with E-state index in [-0.39, 0.29) is 17.9 Å². The minimum absolute atomic E-state index is 0.0482. The molecule has 1 aliphatic heterocycles. The van der Waals surface area contributed by atoms with Crippen molar-refractivity contribution >= 4 is 25.5 Å². The summed E-state index contributed by atoms with van der Waals surface area (Å²) in [4.78, 5) is 0. The van der Waals surface area contributed by atoms with Gasteiger partial charge < -0.3 is 0 Å². The zero-order chi connectivity index (χ0) is 12.5. The fourth-order valence-corrected chi connectivity index (χ4v) is 5.85. The third-order valence-corrected chi connectivity index (χ3v) is 6.44. The maximum Gasteiger partial charge on any atom is 0.236 e. The predicted octanol–water partition coefficient (Wildman–Crippen LogP) is 0.615. The minimum Gasteiger partial charge on any atom is -0.283 e. The number of sulfonamides is 1. The molecule has 0 radical (unpaired) electrons. The maximum absolute atomic E-state index is 11.9. The Hall–Kier alpha value is -1.08. The second-order valence-corrected chi connectivity index (χ2v) is 8.23. The highest BCUT2D eigenvalue weighted by atomic mass is 32.2. The average molecular weight is 275 g/mol. The lowest BCUT2D eigenvalue weighted by molar-refractivity contribution is 0.587. The zero-order valence-electron chi connectivity index (χ0n) is 9.03. The van der Waals surface area contributed by atoms with Gasteiger partial charge in [-0.2, -0.15) is 0 Å². The van der Waals surface area contributed by atoms with E-state index in [0.29, 0.717) is 5.69 Å². The molecule has 5 nitrogen and oxygen atoms in total. The first kappa shape index (κ1) is 12.4. The monoisotopic (exact) mass is 275 g/mol. The molecule has 0 bridgehead atoms. The van der Waals surface area contributed by atoms with Crippen LogP contribution >= 0.6 is 0 Å². The number of para-hydroxylation sites is 1. The number of hydrogen-bond acceptors (Lipinski definition) is 4. The Bertz CT molecular complexity index is 592. The van der Waals surface area contributed by atoms with Crippen molar-refractivity contribution in [3.05, 3.63) is 30.3 Å². The molecule has 1 heterocycles. The zero-order valence-corrected chi connectivity index (χ0v) is 10.7. The van der Waals surface area contributed by atoms with E-state index < -0.39 is 25.1 Å². The van der Waals surface area contributed by atoms with Gasteiger partial charge in [-0.15, -0.1) is 0 Å². The van der Waals surface area contributed by atoms with Crippen LogP contribution in [0.5, 0.6) is 0 Å². The fourth-order valence-electron chi connectivity index (χ4n) is 1.76. The van der Waals surface area contributed by atoms with Crippen LogP contribution in [0.2, 0.25) is 0 Å². The molecule has 1 saturated heterocycles. The van der Waals surface area contributed by atoms with Crippen LogP contribution < -0.4 is 4.72 Å². The molecule has 94 valence electrons. The van der Waals surface area contributed by atoms with Crippen molar-refractivity contribution in [2.75, 3.05) is 16.2 Å². The molecule has 0 saturated carbocycles. The molecule has 2 rings (SSSR count). The summed E-state index contributed by atoms with van der Waals surface area (Å²) < 4.78 is 48.7. The summed E-state index contributed by atoms with van der Waals surface area (Å²) in [6, 6.07) is 8.45. The van der Waals surface area contributed by atoms with Crippen LogP contribution in [0.15, 0.2) is 30.3 Å². The number of hydrogen-bond donors (Lipinski definition) is 1. The second-order valence-electron chi connectivity index (χ2n) is 4.04. The van der Waals surface area contributed by atoms with E-state index in [9.17, 15) is 16.8 Å². The highest BCUT2D eigenvalue weighted by Gasteiger charge is 2.37. The number of benzene rings is 1. The average Bonchev–Trinajstić information content (AvgIpc) is 2.60. The van der Waals surface area contributed by atoms with Crippen molar-refractivity contribution < 1.29 is 16.8 Å². The van der Waals surface area contributed by atoms with E-state index in [0.717, 1.165) is 0 Å². The molecule has 1 fully saturated rings. The predicted molar refractivity (Wildman–Crippen MR) is 66.0 cm³/mol. The van der Waals surface area contributed by atoms with Gasteiger partial charge in [-0.25, -0.2) is 16.8 Å². The van der Waals surface area contributed by atoms with Crippen LogP contribution in [-0.4, -0.2) is 33.6 Å². The van der Waals surface area contributed by atoms with E-state index in [2.05, 4.69) is 4.72 Å². The minimum atomic E-state index is -3.61. The Balaban J connectivity index is 2.16. The van der Waals surface area contributed by atoms with Crippen LogP contribution in [0.4, 0.5) is 5.69 Å². The number of anilines is 1. The highest BCUT2D eigenvalue weighted by molar-refractivity contribution is 7.97. The van der Waals surface area contributed by atoms with Gasteiger partial charge in [0.2, 0.25) is 10.0 Å². The standard InChI is InChI=1S/C10H13NO4S2/c12-16(13)7-6-10(8-16)17(14,15)11-9-4-2-1-3-5-9/h1-5,10-11H,6-8H2/t10-/m0/s1. The van der Waals surface area contributed by atoms with Crippen molar-refractivity contribution in [1.82, 2.24) is 0 Å². The van der Waals surface area contributed by atoms with E-state index >= 15 is 0 Å². The lowest BCUT2D eigenvalue weighted by atomic mass is 10.3. The normalized spacial score (nSPS) is 23.4. The Labute approximate surface area is 101 Å². The Morgan fingerprint density at radius 3 is 2.35 bits per heavy atom. The number of sulfone groups is 1. The first-order chi connectivity index (χ1) is 7.89. The first-order valence-corrected chi connectivity index (χ1v) is 8.53. The Kier molecular flexibility index (Phi) is 3.13. The van der Waals surface area contributed by atoms with E-state index in [1.807, 2.05) is 0 Å². The Morgan fingerprint density at radius 2 is 1.82 bits per heavy atom. The molecule has 0 aliphatic carbocycles. The van der Waals surface area contributed by atoms with Crippen molar-refractivity contribution in [2.45, 2.75) is 11.7 Å². The maximum atomic E-state index is 11.9. The molecule has 1 aliphatic rings. The van der Waals surface area contributed by atoms with Gasteiger partial charge in [0.25, 0.3) is 0 Å². The van der Waals surface area contributed by atoms with E-state index in [4.69, 9.17) is 0 Å². The molecule has 7 heteroatoms. The molecule has 0 unspecified atom stereocenters. The largest absolute Gasteiger partial charge is 0.283 e. The quantitative estimate of drug-likeness (QED) is 0.876. The van der Waals surface area contributed by atoms with Crippen LogP contribution in [0.3, 0.4) is 0 Å². The summed E-state index contributed by atoms with van der Waals surface area (Å²) in [7, 11) is -6.80. The summed E-state index contributed by atoms with van der Waals surface area (Å²) in [6.07, 6.45) is 0.171. The summed E-state index contributed by atoms with van der Waals surface area (Å²) in [5.74, 6) is -0.331. The van der Waals surface area contributed by atoms with E-state index in [1.54, 1.807) is 30.3 Å². The first-order valence-electron chi connectivity index (χ1n) is 5.16. The summed E-state index contributed by atoms with van der Waals surface area (Å²) >= 11 is 0. The molecule has 1 aromatic rings. The van der Waals surface area contributed by atoms with Crippen molar-refractivity contribution in [3.63, 3.8) is 0 Å². The number of nitrogens with one attached hydrogen (secondary N) is 1. The summed E-state index contributed by atoms with van der Waals surface area (Å²) in [5.41, 5.74) is 0.455. The van der Waals surface area contributed by atoms with Gasteiger partial charge in [0, 0.05) is 5.69 Å². The molecule has 1 atom stereocenters. The van der Waals surface area contributed by atoms with Gasteiger partial charge in [0.15, 0.2) is 9.84 Å². The SMILES string of the molecule is O=S1(=O)CC[C@H](S(=O)(=O)Nc2ccccc2)C1. The lowest BCUT2D eigenvalue weighted by Gasteiger charge is -2.12. The van der Waals surface area contributed by atoms with E-state index in [1.165, 1.54) is 0 Å². The van der Waals surface area contributed by atoms with Gasteiger partial charge in [-0.05, 0) is 18.6 Å². The van der Waals surface area contributed by atoms with Crippen molar-refractivity contribution in [3.8, 4) is 0 Å². The highest BCUT2D eigenvalue weighted by Crippen LogP contribution is 2.21. The molecule has 0 amide bonds. The third kappa shape index (κ3) is 2.98. The molecule has 1 N–H and O–H groups in total. The molecular weight excluding hydrogens is 262 g/mol. The molecule has 0 spiro atoms. The van der Waals surface area contributed by atoms with Gasteiger partial charge in [-0.3, -0.25) is 4.72 Å². The molecular formula is C10H13NO4S2. The van der Waals surface area contributed by atoms with Crippen molar-refractivity contribution in [1.29, 1.82) is 0 Å². The van der Waals surface area contributed by atoms with Gasteiger partial charge >= 0.3 is 0 Å². The van der Waals surface area contributed by atoms with Crippen LogP contribution in [0, 0.1) is 0 Å². The van der Waals surface area contributed by atoms with Crippen LogP contribution in [0.1, 0.15) is 6.42 Å². The Morgan fingerprint density at radius 1 is 1.18 bits per heavy atom. The van der Waals surface area contributed by atoms with Crippen molar-refractivity contribution in [2.24, 2.45) is 0 Å². The third-order valence-electron chi connectivity index (χ3n) is 2.66. The van der Waals surface area contributed by atoms with Gasteiger partial charge in [-0.1, -0.05) is 18.2 Å². The smallest absolute Gasteiger partial charge is 0.236 e. The number of rotatable bonds is 3. The van der Waals surface area contributed by atoms with Gasteiger partial charge in [0.05, 0.1) is 16.8 Å².